The van der Waals surface area contributed by atoms with Gasteiger partial charge in [-0.15, -0.1) is 0 Å². The first-order valence-electron chi connectivity index (χ1n) is 5.22. The van der Waals surface area contributed by atoms with E-state index in [1.807, 2.05) is 24.3 Å². The van der Waals surface area contributed by atoms with Gasteiger partial charge < -0.3 is 5.11 Å². The van der Waals surface area contributed by atoms with E-state index in [4.69, 9.17) is 5.11 Å². The van der Waals surface area contributed by atoms with Gasteiger partial charge in [-0.05, 0) is 16.5 Å². The van der Waals surface area contributed by atoms with Crippen molar-refractivity contribution >= 4 is 12.2 Å². The van der Waals surface area contributed by atoms with E-state index in [-0.39, 0.29) is 12.0 Å². The van der Waals surface area contributed by atoms with E-state index < -0.39 is 5.97 Å². The van der Waals surface area contributed by atoms with Gasteiger partial charge in [-0.3, -0.25) is 9.79 Å². The molecule has 0 aliphatic heterocycles. The van der Waals surface area contributed by atoms with Crippen molar-refractivity contribution in [2.75, 3.05) is 6.54 Å². The molecule has 0 amide bonds. The number of benzene rings is 1. The van der Waals surface area contributed by atoms with Crippen LogP contribution in [0.2, 0.25) is 0 Å². The van der Waals surface area contributed by atoms with Crippen LogP contribution in [0, 0.1) is 0 Å². The topological polar surface area (TPSA) is 49.7 Å². The van der Waals surface area contributed by atoms with Gasteiger partial charge in [0, 0.05) is 6.21 Å². The Morgan fingerprint density at radius 2 is 1.88 bits per heavy atom. The number of rotatable bonds is 3. The van der Waals surface area contributed by atoms with E-state index in [2.05, 4.69) is 25.8 Å². The summed E-state index contributed by atoms with van der Waals surface area (Å²) in [5, 5.41) is 8.43. The molecule has 0 unspecified atom stereocenters. The zero-order valence-electron chi connectivity index (χ0n) is 9.90. The maximum Gasteiger partial charge on any atom is 0.325 e. The van der Waals surface area contributed by atoms with Gasteiger partial charge in [0.25, 0.3) is 0 Å². The van der Waals surface area contributed by atoms with Crippen molar-refractivity contribution in [1.29, 1.82) is 0 Å². The molecule has 0 spiro atoms. The lowest BCUT2D eigenvalue weighted by Crippen LogP contribution is -2.10. The van der Waals surface area contributed by atoms with Gasteiger partial charge in [-0.25, -0.2) is 0 Å². The second-order valence-electron chi connectivity index (χ2n) is 4.74. The van der Waals surface area contributed by atoms with Gasteiger partial charge in [0.1, 0.15) is 6.54 Å². The van der Waals surface area contributed by atoms with E-state index in [9.17, 15) is 4.79 Å². The van der Waals surface area contributed by atoms with Crippen molar-refractivity contribution in [3.63, 3.8) is 0 Å². The van der Waals surface area contributed by atoms with E-state index in [0.717, 1.165) is 5.56 Å². The molecule has 0 radical (unpaired) electrons. The Labute approximate surface area is 95.8 Å². The number of aliphatic imine (C=N–C) groups is 1. The molecule has 1 aromatic rings. The first-order valence-corrected chi connectivity index (χ1v) is 5.22. The second kappa shape index (κ2) is 4.92. The lowest BCUT2D eigenvalue weighted by Gasteiger charge is -2.18. The summed E-state index contributed by atoms with van der Waals surface area (Å²) >= 11 is 0. The minimum atomic E-state index is -0.914. The third kappa shape index (κ3) is 3.85. The Balaban J connectivity index is 2.72. The fourth-order valence-corrected chi connectivity index (χ4v) is 1.30. The summed E-state index contributed by atoms with van der Waals surface area (Å²) in [6.45, 7) is 6.28. The quantitative estimate of drug-likeness (QED) is 0.794. The van der Waals surface area contributed by atoms with Crippen molar-refractivity contribution in [2.24, 2.45) is 4.99 Å². The Morgan fingerprint density at radius 1 is 1.31 bits per heavy atom. The molecule has 0 atom stereocenters. The molecule has 0 aromatic heterocycles. The van der Waals surface area contributed by atoms with Crippen LogP contribution in [0.25, 0.3) is 0 Å². The van der Waals surface area contributed by atoms with Crippen LogP contribution in [0.4, 0.5) is 0 Å². The Bertz CT molecular complexity index is 385. The summed E-state index contributed by atoms with van der Waals surface area (Å²) in [7, 11) is 0. The molecule has 0 aliphatic carbocycles. The van der Waals surface area contributed by atoms with Crippen LogP contribution in [0.3, 0.4) is 0 Å². The average Bonchev–Trinajstić information content (AvgIpc) is 2.16. The van der Waals surface area contributed by atoms with E-state index in [0.29, 0.717) is 0 Å². The Hall–Kier alpha value is -1.64. The first-order chi connectivity index (χ1) is 7.39. The third-order valence-electron chi connectivity index (χ3n) is 2.24. The molecule has 0 fully saturated rings. The van der Waals surface area contributed by atoms with E-state index in [1.165, 1.54) is 5.56 Å². The fraction of sp³-hybridized carbons (Fsp3) is 0.385. The molecule has 0 saturated heterocycles. The van der Waals surface area contributed by atoms with Crippen LogP contribution in [-0.4, -0.2) is 23.8 Å². The molecule has 0 bridgehead atoms. The lowest BCUT2D eigenvalue weighted by molar-refractivity contribution is -0.135. The molecule has 1 rings (SSSR count). The Kier molecular flexibility index (Phi) is 3.82. The number of carboxylic acid groups (broad SMARTS) is 1. The monoisotopic (exact) mass is 219 g/mol. The van der Waals surface area contributed by atoms with Gasteiger partial charge >= 0.3 is 5.97 Å². The molecule has 1 N–H and O–H groups in total. The van der Waals surface area contributed by atoms with Gasteiger partial charge in [0.05, 0.1) is 0 Å². The van der Waals surface area contributed by atoms with Gasteiger partial charge in [-0.1, -0.05) is 45.0 Å². The van der Waals surface area contributed by atoms with Crippen LogP contribution in [-0.2, 0) is 10.2 Å². The average molecular weight is 219 g/mol. The minimum absolute atomic E-state index is 0.136. The highest BCUT2D eigenvalue weighted by molar-refractivity contribution is 5.81. The molecule has 3 heteroatoms. The van der Waals surface area contributed by atoms with Crippen molar-refractivity contribution in [3.8, 4) is 0 Å². The molecule has 3 nitrogen and oxygen atoms in total. The summed E-state index contributed by atoms with van der Waals surface area (Å²) < 4.78 is 0. The largest absolute Gasteiger partial charge is 0.480 e. The first kappa shape index (κ1) is 12.4. The summed E-state index contributed by atoms with van der Waals surface area (Å²) in [5.74, 6) is -0.914. The SMILES string of the molecule is CC(C)(C)c1ccc(C=NCC(=O)O)cc1. The number of nitrogens with zero attached hydrogens (tertiary/aromatic N) is 1. The number of aliphatic carboxylic acids is 1. The van der Waals surface area contributed by atoms with Crippen molar-refractivity contribution in [3.05, 3.63) is 35.4 Å². The molecule has 1 aromatic carbocycles. The lowest BCUT2D eigenvalue weighted by atomic mass is 9.87. The molecular weight excluding hydrogens is 202 g/mol. The zero-order chi connectivity index (χ0) is 12.2. The van der Waals surface area contributed by atoms with Gasteiger partial charge in [0.15, 0.2) is 0 Å². The Morgan fingerprint density at radius 3 is 2.31 bits per heavy atom. The zero-order valence-corrected chi connectivity index (χ0v) is 9.90. The predicted molar refractivity (Wildman–Crippen MR) is 65.2 cm³/mol. The maximum absolute atomic E-state index is 10.3. The summed E-state index contributed by atoms with van der Waals surface area (Å²) in [6, 6.07) is 7.99. The molecular formula is C13H17NO2. The van der Waals surface area contributed by atoms with Crippen LogP contribution >= 0.6 is 0 Å². The van der Waals surface area contributed by atoms with Crippen LogP contribution < -0.4 is 0 Å². The van der Waals surface area contributed by atoms with Crippen molar-refractivity contribution < 1.29 is 9.90 Å². The van der Waals surface area contributed by atoms with Crippen molar-refractivity contribution in [2.45, 2.75) is 26.2 Å². The minimum Gasteiger partial charge on any atom is -0.480 e. The standard InChI is InChI=1S/C13H17NO2/c1-13(2,3)11-6-4-10(5-7-11)8-14-9-12(15)16/h4-8H,9H2,1-3H3,(H,15,16). The van der Waals surface area contributed by atoms with Crippen LogP contribution in [0.1, 0.15) is 31.9 Å². The highest BCUT2D eigenvalue weighted by Crippen LogP contribution is 2.21. The maximum atomic E-state index is 10.3. The highest BCUT2D eigenvalue weighted by atomic mass is 16.4. The van der Waals surface area contributed by atoms with E-state index in [1.54, 1.807) is 6.21 Å². The summed E-state index contributed by atoms with van der Waals surface area (Å²) in [6.07, 6.45) is 1.58. The number of hydrogen-bond donors (Lipinski definition) is 1. The molecule has 0 saturated carbocycles. The summed E-state index contributed by atoms with van der Waals surface area (Å²) in [5.41, 5.74) is 2.31. The third-order valence-corrected chi connectivity index (χ3v) is 2.24. The molecule has 0 heterocycles. The van der Waals surface area contributed by atoms with Gasteiger partial charge in [-0.2, -0.15) is 0 Å². The number of carbonyl (C=O) groups is 1. The molecule has 0 aliphatic rings. The summed E-state index contributed by atoms with van der Waals surface area (Å²) in [4.78, 5) is 14.1. The number of hydrogen-bond acceptors (Lipinski definition) is 2. The van der Waals surface area contributed by atoms with Crippen molar-refractivity contribution in [1.82, 2.24) is 0 Å². The smallest absolute Gasteiger partial charge is 0.325 e. The molecule has 16 heavy (non-hydrogen) atoms. The number of carboxylic acids is 1. The molecule has 86 valence electrons. The van der Waals surface area contributed by atoms with Crippen LogP contribution in [0.15, 0.2) is 29.3 Å². The van der Waals surface area contributed by atoms with Gasteiger partial charge in [0.2, 0.25) is 0 Å². The predicted octanol–water partition coefficient (Wildman–Crippen LogP) is 2.49. The van der Waals surface area contributed by atoms with Crippen LogP contribution in [0.5, 0.6) is 0 Å². The fourth-order valence-electron chi connectivity index (χ4n) is 1.30. The normalized spacial score (nSPS) is 11.9. The second-order valence-corrected chi connectivity index (χ2v) is 4.74. The van der Waals surface area contributed by atoms with E-state index >= 15 is 0 Å². The highest BCUT2D eigenvalue weighted by Gasteiger charge is 2.12.